The first-order chi connectivity index (χ1) is 17.0. The van der Waals surface area contributed by atoms with Crippen LogP contribution in [0, 0.1) is 0 Å². The average Bonchev–Trinajstić information content (AvgIpc) is 2.90. The Morgan fingerprint density at radius 1 is 0.886 bits per heavy atom. The molecule has 0 aliphatic heterocycles. The molecule has 0 bridgehead atoms. The van der Waals surface area contributed by atoms with Crippen molar-refractivity contribution in [2.24, 2.45) is 0 Å². The molecule has 1 unspecified atom stereocenters. The van der Waals surface area contributed by atoms with Crippen LogP contribution in [-0.4, -0.2) is 41.4 Å². The Balaban J connectivity index is 1.67. The van der Waals surface area contributed by atoms with E-state index in [0.29, 0.717) is 18.7 Å². The fourth-order valence-electron chi connectivity index (χ4n) is 4.12. The van der Waals surface area contributed by atoms with Crippen LogP contribution in [0.3, 0.4) is 0 Å². The minimum absolute atomic E-state index is 0.0669. The Morgan fingerprint density at radius 3 is 2.17 bits per heavy atom. The molecule has 0 heterocycles. The second-order valence-corrected chi connectivity index (χ2v) is 9.79. The Bertz CT molecular complexity index is 1020. The van der Waals surface area contributed by atoms with Gasteiger partial charge in [0, 0.05) is 22.6 Å². The summed E-state index contributed by atoms with van der Waals surface area (Å²) in [6.07, 6.45) is 2.04. The summed E-state index contributed by atoms with van der Waals surface area (Å²) in [6, 6.07) is 26.0. The van der Waals surface area contributed by atoms with Gasteiger partial charge in [-0.15, -0.1) is 0 Å². The zero-order valence-corrected chi connectivity index (χ0v) is 22.7. The minimum Gasteiger partial charge on any atom is -0.489 e. The maximum Gasteiger partial charge on any atom is 0.254 e. The summed E-state index contributed by atoms with van der Waals surface area (Å²) in [4.78, 5) is 18.0. The SMILES string of the molecule is CCN(CC)CCCC(C)N(Cc1ccc(OCc2ccccc2)cc1)C(=O)c1ccc(Br)cc1. The number of rotatable bonds is 13. The molecule has 35 heavy (non-hydrogen) atoms. The smallest absolute Gasteiger partial charge is 0.254 e. The van der Waals surface area contributed by atoms with Crippen LogP contribution < -0.4 is 4.74 Å². The van der Waals surface area contributed by atoms with Crippen LogP contribution in [0.4, 0.5) is 0 Å². The molecule has 1 amide bonds. The third-order valence-corrected chi connectivity index (χ3v) is 6.93. The van der Waals surface area contributed by atoms with Crippen molar-refractivity contribution in [1.29, 1.82) is 0 Å². The van der Waals surface area contributed by atoms with Gasteiger partial charge in [-0.05, 0) is 86.9 Å². The van der Waals surface area contributed by atoms with Crippen LogP contribution in [0.2, 0.25) is 0 Å². The maximum absolute atomic E-state index is 13.5. The highest BCUT2D eigenvalue weighted by Crippen LogP contribution is 2.21. The lowest BCUT2D eigenvalue weighted by Gasteiger charge is -2.30. The first kappa shape index (κ1) is 27.0. The molecule has 3 aromatic carbocycles. The summed E-state index contributed by atoms with van der Waals surface area (Å²) in [6.45, 7) is 10.9. The predicted molar refractivity (Wildman–Crippen MR) is 148 cm³/mol. The lowest BCUT2D eigenvalue weighted by atomic mass is 10.1. The van der Waals surface area contributed by atoms with Crippen LogP contribution in [-0.2, 0) is 13.2 Å². The third-order valence-electron chi connectivity index (χ3n) is 6.40. The van der Waals surface area contributed by atoms with E-state index in [1.807, 2.05) is 59.5 Å². The fourth-order valence-corrected chi connectivity index (χ4v) is 4.39. The van der Waals surface area contributed by atoms with Crippen molar-refractivity contribution in [2.75, 3.05) is 19.6 Å². The molecule has 0 aliphatic rings. The van der Waals surface area contributed by atoms with Crippen LogP contribution in [0.1, 0.15) is 55.1 Å². The molecule has 5 heteroatoms. The number of carbonyl (C=O) groups excluding carboxylic acids is 1. The van der Waals surface area contributed by atoms with E-state index in [-0.39, 0.29) is 11.9 Å². The Labute approximate surface area is 219 Å². The average molecular weight is 538 g/mol. The molecule has 186 valence electrons. The summed E-state index contributed by atoms with van der Waals surface area (Å²) in [7, 11) is 0. The molecule has 1 atom stereocenters. The number of amides is 1. The molecular formula is C30H37BrN2O2. The second kappa shape index (κ2) is 14.1. The van der Waals surface area contributed by atoms with E-state index in [2.05, 4.69) is 65.9 Å². The molecule has 3 aromatic rings. The van der Waals surface area contributed by atoms with E-state index < -0.39 is 0 Å². The van der Waals surface area contributed by atoms with Crippen LogP contribution in [0.25, 0.3) is 0 Å². The summed E-state index contributed by atoms with van der Waals surface area (Å²) in [5, 5.41) is 0. The normalized spacial score (nSPS) is 11.9. The van der Waals surface area contributed by atoms with Gasteiger partial charge in [0.25, 0.3) is 5.91 Å². The molecule has 0 aromatic heterocycles. The maximum atomic E-state index is 13.5. The number of nitrogens with zero attached hydrogens (tertiary/aromatic N) is 2. The highest BCUT2D eigenvalue weighted by molar-refractivity contribution is 9.10. The van der Waals surface area contributed by atoms with Crippen LogP contribution >= 0.6 is 15.9 Å². The number of carbonyl (C=O) groups is 1. The summed E-state index contributed by atoms with van der Waals surface area (Å²) in [5.41, 5.74) is 2.95. The molecule has 0 N–H and O–H groups in total. The van der Waals surface area contributed by atoms with Crippen molar-refractivity contribution >= 4 is 21.8 Å². The van der Waals surface area contributed by atoms with Gasteiger partial charge in [-0.2, -0.15) is 0 Å². The fraction of sp³-hybridized carbons (Fsp3) is 0.367. The zero-order valence-electron chi connectivity index (χ0n) is 21.1. The quantitative estimate of drug-likeness (QED) is 0.232. The summed E-state index contributed by atoms with van der Waals surface area (Å²) in [5.74, 6) is 0.896. The van der Waals surface area contributed by atoms with Gasteiger partial charge in [0.15, 0.2) is 0 Å². The van der Waals surface area contributed by atoms with Gasteiger partial charge in [0.1, 0.15) is 12.4 Å². The Kier molecular flexibility index (Phi) is 10.8. The van der Waals surface area contributed by atoms with E-state index in [4.69, 9.17) is 4.74 Å². The van der Waals surface area contributed by atoms with E-state index in [0.717, 1.165) is 53.8 Å². The molecule has 3 rings (SSSR count). The largest absolute Gasteiger partial charge is 0.489 e. The van der Waals surface area contributed by atoms with Crippen LogP contribution in [0.15, 0.2) is 83.3 Å². The Hall–Kier alpha value is -2.63. The highest BCUT2D eigenvalue weighted by atomic mass is 79.9. The Morgan fingerprint density at radius 2 is 1.54 bits per heavy atom. The molecule has 0 aliphatic carbocycles. The van der Waals surface area contributed by atoms with Crippen molar-refractivity contribution in [1.82, 2.24) is 9.80 Å². The van der Waals surface area contributed by atoms with Crippen molar-refractivity contribution in [3.63, 3.8) is 0 Å². The van der Waals surface area contributed by atoms with Crippen LogP contribution in [0.5, 0.6) is 5.75 Å². The van der Waals surface area contributed by atoms with Crippen molar-refractivity contribution < 1.29 is 9.53 Å². The monoisotopic (exact) mass is 536 g/mol. The highest BCUT2D eigenvalue weighted by Gasteiger charge is 2.22. The number of ether oxygens (including phenoxy) is 1. The zero-order chi connectivity index (χ0) is 25.0. The van der Waals surface area contributed by atoms with Crippen molar-refractivity contribution in [2.45, 2.75) is 52.8 Å². The third kappa shape index (κ3) is 8.52. The van der Waals surface area contributed by atoms with E-state index in [1.165, 1.54) is 0 Å². The molecule has 0 radical (unpaired) electrons. The molecule has 0 fully saturated rings. The van der Waals surface area contributed by atoms with Gasteiger partial charge in [0.05, 0.1) is 0 Å². The standard InChI is InChI=1S/C30H37BrN2O2/c1-4-32(5-2)21-9-10-24(3)33(30(34)27-15-17-28(31)18-16-27)22-25-13-19-29(20-14-25)35-23-26-11-7-6-8-12-26/h6-8,11-20,24H,4-5,9-10,21-23H2,1-3H3. The molecule has 0 spiro atoms. The van der Waals surface area contributed by atoms with Crippen molar-refractivity contribution in [3.8, 4) is 5.75 Å². The molecule has 0 saturated carbocycles. The predicted octanol–water partition coefficient (Wildman–Crippen LogP) is 7.18. The van der Waals surface area contributed by atoms with Crippen molar-refractivity contribution in [3.05, 3.63) is 100 Å². The number of halogens is 1. The van der Waals surface area contributed by atoms with E-state index in [9.17, 15) is 4.79 Å². The van der Waals surface area contributed by atoms with Gasteiger partial charge in [-0.3, -0.25) is 4.79 Å². The van der Waals surface area contributed by atoms with E-state index in [1.54, 1.807) is 0 Å². The van der Waals surface area contributed by atoms with Gasteiger partial charge in [0.2, 0.25) is 0 Å². The minimum atomic E-state index is 0.0669. The van der Waals surface area contributed by atoms with Gasteiger partial charge in [-0.25, -0.2) is 0 Å². The number of hydrogen-bond donors (Lipinski definition) is 0. The van der Waals surface area contributed by atoms with E-state index >= 15 is 0 Å². The second-order valence-electron chi connectivity index (χ2n) is 8.88. The summed E-state index contributed by atoms with van der Waals surface area (Å²) >= 11 is 3.47. The lowest BCUT2D eigenvalue weighted by molar-refractivity contribution is 0.0662. The molecule has 4 nitrogen and oxygen atoms in total. The molecular weight excluding hydrogens is 500 g/mol. The lowest BCUT2D eigenvalue weighted by Crippen LogP contribution is -2.38. The van der Waals surface area contributed by atoms with Gasteiger partial charge >= 0.3 is 0 Å². The number of benzene rings is 3. The molecule has 0 saturated heterocycles. The van der Waals surface area contributed by atoms with Gasteiger partial charge < -0.3 is 14.5 Å². The van der Waals surface area contributed by atoms with Gasteiger partial charge in [-0.1, -0.05) is 72.2 Å². The summed E-state index contributed by atoms with van der Waals surface area (Å²) < 4.78 is 6.91. The first-order valence-electron chi connectivity index (χ1n) is 12.5. The first-order valence-corrected chi connectivity index (χ1v) is 13.3. The number of hydrogen-bond acceptors (Lipinski definition) is 3. The topological polar surface area (TPSA) is 32.8 Å².